The van der Waals surface area contributed by atoms with Crippen molar-refractivity contribution in [2.45, 2.75) is 84.1 Å². The van der Waals surface area contributed by atoms with E-state index in [1.165, 1.54) is 74.8 Å². The van der Waals surface area contributed by atoms with Crippen LogP contribution in [0.25, 0.3) is 0 Å². The fourth-order valence-electron chi connectivity index (χ4n) is 4.38. The first kappa shape index (κ1) is 16.7. The summed E-state index contributed by atoms with van der Waals surface area (Å²) in [7, 11) is 0. The van der Waals surface area contributed by atoms with E-state index < -0.39 is 0 Å². The third kappa shape index (κ3) is 4.22. The van der Waals surface area contributed by atoms with Crippen molar-refractivity contribution in [1.82, 2.24) is 0 Å². The molecule has 1 fully saturated rings. The third-order valence-electron chi connectivity index (χ3n) is 5.75. The van der Waals surface area contributed by atoms with Gasteiger partial charge in [-0.25, -0.2) is 0 Å². The maximum absolute atomic E-state index is 5.28. The first-order chi connectivity index (χ1) is 11.3. The number of aliphatic imine (C=N–C) groups is 2. The number of nitrogens with zero attached hydrogens (tertiary/aromatic N) is 2. The second-order valence-corrected chi connectivity index (χ2v) is 7.45. The minimum atomic E-state index is 0.519. The fraction of sp³-hybridized carbons (Fsp3) is 0.714. The Balaban J connectivity index is 1.91. The molecule has 1 aliphatic heterocycles. The number of allylic oxidation sites excluding steroid dienone is 4. The molecule has 2 aliphatic carbocycles. The van der Waals surface area contributed by atoms with E-state index in [0.29, 0.717) is 6.04 Å². The highest BCUT2D eigenvalue weighted by Gasteiger charge is 2.22. The van der Waals surface area contributed by atoms with E-state index in [1.54, 1.807) is 5.57 Å². The Bertz CT molecular complexity index is 536. The van der Waals surface area contributed by atoms with E-state index in [-0.39, 0.29) is 0 Å². The smallest absolute Gasteiger partial charge is 0.0664 e. The van der Waals surface area contributed by atoms with Crippen LogP contribution < -0.4 is 0 Å². The van der Waals surface area contributed by atoms with E-state index in [1.807, 2.05) is 0 Å². The Kier molecular flexibility index (Phi) is 5.85. The third-order valence-corrected chi connectivity index (χ3v) is 5.75. The zero-order valence-electron chi connectivity index (χ0n) is 15.0. The summed E-state index contributed by atoms with van der Waals surface area (Å²) in [5.41, 5.74) is 5.47. The van der Waals surface area contributed by atoms with Crippen molar-refractivity contribution in [3.8, 4) is 0 Å². The van der Waals surface area contributed by atoms with Crippen LogP contribution in [0.1, 0.15) is 78.1 Å². The molecule has 1 heterocycles. The summed E-state index contributed by atoms with van der Waals surface area (Å²) in [6.07, 6.45) is 17.4. The summed E-state index contributed by atoms with van der Waals surface area (Å²) in [5, 5.41) is 0. The maximum Gasteiger partial charge on any atom is 0.0664 e. The van der Waals surface area contributed by atoms with E-state index in [9.17, 15) is 0 Å². The molecule has 126 valence electrons. The van der Waals surface area contributed by atoms with Crippen molar-refractivity contribution in [3.05, 3.63) is 23.3 Å². The van der Waals surface area contributed by atoms with E-state index in [4.69, 9.17) is 9.98 Å². The number of rotatable bonds is 2. The van der Waals surface area contributed by atoms with Crippen molar-refractivity contribution in [1.29, 1.82) is 0 Å². The van der Waals surface area contributed by atoms with Gasteiger partial charge >= 0.3 is 0 Å². The summed E-state index contributed by atoms with van der Waals surface area (Å²) in [6, 6.07) is 0.519. The molecule has 2 atom stereocenters. The van der Waals surface area contributed by atoms with Crippen LogP contribution in [-0.4, -0.2) is 24.0 Å². The van der Waals surface area contributed by atoms with Gasteiger partial charge in [0.15, 0.2) is 0 Å². The topological polar surface area (TPSA) is 24.7 Å². The van der Waals surface area contributed by atoms with Crippen LogP contribution in [0.3, 0.4) is 0 Å². The van der Waals surface area contributed by atoms with Gasteiger partial charge in [0.25, 0.3) is 0 Å². The van der Waals surface area contributed by atoms with Crippen LogP contribution >= 0.6 is 0 Å². The molecular formula is C21H32N2. The van der Waals surface area contributed by atoms with Gasteiger partial charge < -0.3 is 0 Å². The molecule has 0 aromatic heterocycles. The normalized spacial score (nSPS) is 31.2. The van der Waals surface area contributed by atoms with Crippen LogP contribution in [0.5, 0.6) is 0 Å². The summed E-state index contributed by atoms with van der Waals surface area (Å²) in [5.74, 6) is 0.874. The van der Waals surface area contributed by atoms with Crippen LogP contribution in [0.2, 0.25) is 0 Å². The Morgan fingerprint density at radius 1 is 1.17 bits per heavy atom. The summed E-state index contributed by atoms with van der Waals surface area (Å²) < 4.78 is 0. The highest BCUT2D eigenvalue weighted by molar-refractivity contribution is 6.28. The number of hydrogen-bond donors (Lipinski definition) is 0. The van der Waals surface area contributed by atoms with Crippen molar-refractivity contribution < 1.29 is 0 Å². The first-order valence-electron chi connectivity index (χ1n) is 9.76. The molecule has 0 radical (unpaired) electrons. The summed E-state index contributed by atoms with van der Waals surface area (Å²) in [6.45, 7) is 5.52. The quantitative estimate of drug-likeness (QED) is 0.585. The van der Waals surface area contributed by atoms with Gasteiger partial charge in [-0.15, -0.1) is 0 Å². The number of hydrogen-bond acceptors (Lipinski definition) is 2. The molecule has 3 rings (SSSR count). The molecule has 2 nitrogen and oxygen atoms in total. The van der Waals surface area contributed by atoms with Crippen LogP contribution in [-0.2, 0) is 0 Å². The zero-order valence-corrected chi connectivity index (χ0v) is 15.0. The second kappa shape index (κ2) is 8.08. The van der Waals surface area contributed by atoms with Crippen LogP contribution in [0.15, 0.2) is 33.3 Å². The first-order valence-corrected chi connectivity index (χ1v) is 9.76. The molecule has 0 bridgehead atoms. The van der Waals surface area contributed by atoms with E-state index in [0.717, 1.165) is 18.9 Å². The van der Waals surface area contributed by atoms with Gasteiger partial charge in [0.05, 0.1) is 11.8 Å². The van der Waals surface area contributed by atoms with Gasteiger partial charge in [0.2, 0.25) is 0 Å². The lowest BCUT2D eigenvalue weighted by atomic mass is 9.94. The Morgan fingerprint density at radius 2 is 2.04 bits per heavy atom. The molecule has 0 saturated heterocycles. The Hall–Kier alpha value is -1.18. The van der Waals surface area contributed by atoms with E-state index in [2.05, 4.69) is 26.0 Å². The minimum Gasteiger partial charge on any atom is -0.289 e. The zero-order chi connectivity index (χ0) is 16.1. The van der Waals surface area contributed by atoms with Crippen molar-refractivity contribution in [3.63, 3.8) is 0 Å². The molecule has 0 amide bonds. The highest BCUT2D eigenvalue weighted by Crippen LogP contribution is 2.30. The molecule has 0 N–H and O–H groups in total. The van der Waals surface area contributed by atoms with Gasteiger partial charge in [-0.05, 0) is 57.4 Å². The molecule has 0 aromatic rings. The second-order valence-electron chi connectivity index (χ2n) is 7.45. The molecule has 0 aromatic carbocycles. The molecule has 23 heavy (non-hydrogen) atoms. The van der Waals surface area contributed by atoms with Gasteiger partial charge in [-0.2, -0.15) is 0 Å². The molecular weight excluding hydrogens is 280 g/mol. The maximum atomic E-state index is 5.28. The standard InChI is InChI=1S/C21H32N2/c1-3-17-9-4-6-12-19(15-17)23-20-13-7-5-10-18-11-8-14-22-16(2)21(18)20/h7,13,17,19H,3-6,8-12,14-15H2,1-2H3. The van der Waals surface area contributed by atoms with Crippen molar-refractivity contribution in [2.75, 3.05) is 6.54 Å². The van der Waals surface area contributed by atoms with Gasteiger partial charge in [-0.3, -0.25) is 9.98 Å². The van der Waals surface area contributed by atoms with Crippen molar-refractivity contribution >= 4 is 11.4 Å². The Morgan fingerprint density at radius 3 is 2.91 bits per heavy atom. The predicted octanol–water partition coefficient (Wildman–Crippen LogP) is 5.69. The molecule has 3 aliphatic rings. The van der Waals surface area contributed by atoms with Crippen LogP contribution in [0, 0.1) is 5.92 Å². The average molecular weight is 313 g/mol. The summed E-state index contributed by atoms with van der Waals surface area (Å²) in [4.78, 5) is 10.1. The van der Waals surface area contributed by atoms with Crippen molar-refractivity contribution in [2.24, 2.45) is 15.9 Å². The largest absolute Gasteiger partial charge is 0.289 e. The lowest BCUT2D eigenvalue weighted by Crippen LogP contribution is -2.16. The van der Waals surface area contributed by atoms with Gasteiger partial charge in [0.1, 0.15) is 0 Å². The minimum absolute atomic E-state index is 0.519. The lowest BCUT2D eigenvalue weighted by molar-refractivity contribution is 0.422. The average Bonchev–Trinajstić information content (AvgIpc) is 2.96. The van der Waals surface area contributed by atoms with E-state index >= 15 is 0 Å². The predicted molar refractivity (Wildman–Crippen MR) is 101 cm³/mol. The van der Waals surface area contributed by atoms with Crippen LogP contribution in [0.4, 0.5) is 0 Å². The fourth-order valence-corrected chi connectivity index (χ4v) is 4.38. The molecule has 1 saturated carbocycles. The van der Waals surface area contributed by atoms with Gasteiger partial charge in [0, 0.05) is 17.8 Å². The summed E-state index contributed by atoms with van der Waals surface area (Å²) >= 11 is 0. The monoisotopic (exact) mass is 312 g/mol. The molecule has 0 spiro atoms. The molecule has 2 heteroatoms. The van der Waals surface area contributed by atoms with Gasteiger partial charge in [-0.1, -0.05) is 44.3 Å². The lowest BCUT2D eigenvalue weighted by Gasteiger charge is -2.18. The SMILES string of the molecule is CCC1CCCCC(N=C2C=CCCC3=C2C(C)=NCCC3)C1. The highest BCUT2D eigenvalue weighted by atomic mass is 14.8. The Labute approximate surface area is 141 Å². The molecule has 2 unspecified atom stereocenters.